The van der Waals surface area contributed by atoms with Gasteiger partial charge in [0.25, 0.3) is 0 Å². The molecule has 2 amide bonds. The molecular formula is C20H19N5O2. The van der Waals surface area contributed by atoms with Crippen LogP contribution >= 0.6 is 0 Å². The van der Waals surface area contributed by atoms with Crippen LogP contribution in [0.1, 0.15) is 5.56 Å². The van der Waals surface area contributed by atoms with Crippen molar-refractivity contribution in [2.45, 2.75) is 6.54 Å². The second-order valence-electron chi connectivity index (χ2n) is 6.24. The molecule has 0 saturated heterocycles. The van der Waals surface area contributed by atoms with Crippen LogP contribution in [0, 0.1) is 0 Å². The predicted octanol–water partition coefficient (Wildman–Crippen LogP) is 3.39. The smallest absolute Gasteiger partial charge is 0.319 e. The highest BCUT2D eigenvalue weighted by molar-refractivity contribution is 5.90. The van der Waals surface area contributed by atoms with E-state index in [0.717, 1.165) is 22.3 Å². The molecule has 0 bridgehead atoms. The molecule has 2 heterocycles. The number of hydrogen-bond acceptors (Lipinski definition) is 3. The Morgan fingerprint density at radius 1 is 1.11 bits per heavy atom. The Morgan fingerprint density at radius 3 is 2.63 bits per heavy atom. The zero-order valence-electron chi connectivity index (χ0n) is 14.8. The van der Waals surface area contributed by atoms with E-state index in [4.69, 9.17) is 0 Å². The van der Waals surface area contributed by atoms with E-state index in [1.54, 1.807) is 25.6 Å². The number of nitrogens with one attached hydrogen (secondary N) is 2. The van der Waals surface area contributed by atoms with E-state index in [-0.39, 0.29) is 11.9 Å². The van der Waals surface area contributed by atoms with E-state index in [9.17, 15) is 9.90 Å². The highest BCUT2D eigenvalue weighted by Crippen LogP contribution is 2.22. The minimum atomic E-state index is -0.374. The van der Waals surface area contributed by atoms with Gasteiger partial charge in [-0.25, -0.2) is 9.78 Å². The summed E-state index contributed by atoms with van der Waals surface area (Å²) < 4.78 is 3.55. The standard InChI is InChI=1S/C20H19N5O2/c1-24-11-10-17(19(24)26)23-20(27)21-12-14-6-8-15(9-7-14)25-13-22-16-4-2-3-5-18(16)25/h2-11,13,26H,12H2,1H3,(H2,21,23,27). The van der Waals surface area contributed by atoms with Crippen molar-refractivity contribution in [1.82, 2.24) is 19.4 Å². The normalized spacial score (nSPS) is 10.9. The molecule has 3 N–H and O–H groups in total. The monoisotopic (exact) mass is 361 g/mol. The van der Waals surface area contributed by atoms with Gasteiger partial charge in [-0.15, -0.1) is 0 Å². The van der Waals surface area contributed by atoms with E-state index in [2.05, 4.69) is 15.6 Å². The lowest BCUT2D eigenvalue weighted by Crippen LogP contribution is -2.28. The summed E-state index contributed by atoms with van der Waals surface area (Å²) in [5, 5.41) is 15.2. The number of carbonyl (C=O) groups is 1. The topological polar surface area (TPSA) is 84.1 Å². The lowest BCUT2D eigenvalue weighted by atomic mass is 10.2. The molecule has 0 aliphatic carbocycles. The molecule has 0 radical (unpaired) electrons. The molecule has 4 rings (SSSR count). The van der Waals surface area contributed by atoms with Crippen LogP contribution in [-0.2, 0) is 13.6 Å². The number of benzene rings is 2. The van der Waals surface area contributed by atoms with Crippen LogP contribution in [0.5, 0.6) is 5.88 Å². The number of aromatic nitrogens is 3. The number of anilines is 1. The Bertz CT molecular complexity index is 1100. The Morgan fingerprint density at radius 2 is 1.89 bits per heavy atom. The van der Waals surface area contributed by atoms with Crippen molar-refractivity contribution in [2.24, 2.45) is 7.05 Å². The predicted molar refractivity (Wildman–Crippen MR) is 104 cm³/mol. The highest BCUT2D eigenvalue weighted by atomic mass is 16.3. The summed E-state index contributed by atoms with van der Waals surface area (Å²) in [6.07, 6.45) is 3.47. The average molecular weight is 361 g/mol. The molecule has 27 heavy (non-hydrogen) atoms. The molecule has 0 unspecified atom stereocenters. The molecular weight excluding hydrogens is 342 g/mol. The first-order chi connectivity index (χ1) is 13.1. The van der Waals surface area contributed by atoms with Gasteiger partial charge in [-0.1, -0.05) is 24.3 Å². The maximum atomic E-state index is 12.0. The number of carbonyl (C=O) groups excluding carboxylic acids is 1. The molecule has 0 aliphatic rings. The number of imidazole rings is 1. The molecule has 0 atom stereocenters. The van der Waals surface area contributed by atoms with Crippen LogP contribution in [0.2, 0.25) is 0 Å². The van der Waals surface area contributed by atoms with Crippen molar-refractivity contribution < 1.29 is 9.90 Å². The number of rotatable bonds is 4. The first kappa shape index (κ1) is 16.7. The number of amides is 2. The van der Waals surface area contributed by atoms with Gasteiger partial charge in [-0.05, 0) is 35.9 Å². The summed E-state index contributed by atoms with van der Waals surface area (Å²) in [5.74, 6) is 0.0158. The van der Waals surface area contributed by atoms with E-state index in [0.29, 0.717) is 12.2 Å². The number of fused-ring (bicyclic) bond motifs is 1. The van der Waals surface area contributed by atoms with E-state index in [1.807, 2.05) is 53.1 Å². The fourth-order valence-corrected chi connectivity index (χ4v) is 2.91. The van der Waals surface area contributed by atoms with Crippen molar-refractivity contribution >= 4 is 22.8 Å². The molecule has 7 heteroatoms. The Kier molecular flexibility index (Phi) is 4.25. The fraction of sp³-hybridized carbons (Fsp3) is 0.100. The van der Waals surface area contributed by atoms with Crippen molar-refractivity contribution in [3.8, 4) is 11.6 Å². The van der Waals surface area contributed by atoms with Gasteiger partial charge in [0.2, 0.25) is 5.88 Å². The zero-order chi connectivity index (χ0) is 18.8. The van der Waals surface area contributed by atoms with Gasteiger partial charge >= 0.3 is 6.03 Å². The summed E-state index contributed by atoms with van der Waals surface area (Å²) in [5.41, 5.74) is 4.34. The number of aromatic hydroxyl groups is 1. The van der Waals surface area contributed by atoms with Gasteiger partial charge < -0.3 is 20.3 Å². The highest BCUT2D eigenvalue weighted by Gasteiger charge is 2.09. The molecule has 0 aliphatic heterocycles. The van der Waals surface area contributed by atoms with Crippen LogP contribution in [-0.4, -0.2) is 25.3 Å². The summed E-state index contributed by atoms with van der Waals surface area (Å²) >= 11 is 0. The third-order valence-corrected chi connectivity index (χ3v) is 4.41. The maximum absolute atomic E-state index is 12.0. The third-order valence-electron chi connectivity index (χ3n) is 4.41. The van der Waals surface area contributed by atoms with Crippen molar-refractivity contribution in [3.05, 3.63) is 72.7 Å². The van der Waals surface area contributed by atoms with Crippen LogP contribution in [0.15, 0.2) is 67.1 Å². The van der Waals surface area contributed by atoms with Crippen molar-refractivity contribution in [1.29, 1.82) is 0 Å². The number of urea groups is 1. The first-order valence-corrected chi connectivity index (χ1v) is 8.52. The number of aryl methyl sites for hydroxylation is 1. The summed E-state index contributed by atoms with van der Waals surface area (Å²) in [6, 6.07) is 17.1. The SMILES string of the molecule is Cn1ccc(NC(=O)NCc2ccc(-n3cnc4ccccc43)cc2)c1O. The second kappa shape index (κ2) is 6.87. The molecule has 7 nitrogen and oxygen atoms in total. The molecule has 0 spiro atoms. The summed E-state index contributed by atoms with van der Waals surface area (Å²) in [7, 11) is 1.70. The fourth-order valence-electron chi connectivity index (χ4n) is 2.91. The second-order valence-corrected chi connectivity index (χ2v) is 6.24. The van der Waals surface area contributed by atoms with E-state index >= 15 is 0 Å². The maximum Gasteiger partial charge on any atom is 0.319 e. The third kappa shape index (κ3) is 3.35. The molecule has 2 aromatic heterocycles. The minimum absolute atomic E-state index is 0.0158. The lowest BCUT2D eigenvalue weighted by molar-refractivity contribution is 0.251. The lowest BCUT2D eigenvalue weighted by Gasteiger charge is -2.09. The first-order valence-electron chi connectivity index (χ1n) is 8.52. The van der Waals surface area contributed by atoms with Crippen molar-refractivity contribution in [2.75, 3.05) is 5.32 Å². The minimum Gasteiger partial charge on any atom is -0.493 e. The Hall–Kier alpha value is -3.74. The largest absolute Gasteiger partial charge is 0.493 e. The van der Waals surface area contributed by atoms with Crippen molar-refractivity contribution in [3.63, 3.8) is 0 Å². The molecule has 136 valence electrons. The Labute approximate surface area is 155 Å². The number of para-hydroxylation sites is 2. The average Bonchev–Trinajstić information content (AvgIpc) is 3.26. The Balaban J connectivity index is 1.41. The van der Waals surface area contributed by atoms with E-state index < -0.39 is 0 Å². The molecule has 0 saturated carbocycles. The van der Waals surface area contributed by atoms with Crippen LogP contribution in [0.4, 0.5) is 10.5 Å². The van der Waals surface area contributed by atoms with Crippen LogP contribution in [0.25, 0.3) is 16.7 Å². The van der Waals surface area contributed by atoms with Gasteiger partial charge in [0.1, 0.15) is 12.0 Å². The van der Waals surface area contributed by atoms with Crippen LogP contribution < -0.4 is 10.6 Å². The molecule has 0 fully saturated rings. The van der Waals surface area contributed by atoms with Gasteiger partial charge in [0.15, 0.2) is 0 Å². The number of nitrogens with zero attached hydrogens (tertiary/aromatic N) is 3. The van der Waals surface area contributed by atoms with Gasteiger partial charge in [0, 0.05) is 25.5 Å². The van der Waals surface area contributed by atoms with Gasteiger partial charge in [0.05, 0.1) is 11.0 Å². The van der Waals surface area contributed by atoms with Crippen LogP contribution in [0.3, 0.4) is 0 Å². The quantitative estimate of drug-likeness (QED) is 0.521. The molecule has 2 aromatic carbocycles. The number of hydrogen-bond donors (Lipinski definition) is 3. The summed E-state index contributed by atoms with van der Waals surface area (Å²) in [4.78, 5) is 16.4. The van der Waals surface area contributed by atoms with Gasteiger partial charge in [-0.3, -0.25) is 4.57 Å². The van der Waals surface area contributed by atoms with Gasteiger partial charge in [-0.2, -0.15) is 0 Å². The zero-order valence-corrected chi connectivity index (χ0v) is 14.8. The summed E-state index contributed by atoms with van der Waals surface area (Å²) in [6.45, 7) is 0.379. The molecule has 4 aromatic rings. The van der Waals surface area contributed by atoms with E-state index in [1.165, 1.54) is 4.57 Å².